The molecule has 1 fully saturated rings. The van der Waals surface area contributed by atoms with Gasteiger partial charge in [-0.25, -0.2) is 0 Å². The van der Waals surface area contributed by atoms with Gasteiger partial charge in [0.1, 0.15) is 11.3 Å². The van der Waals surface area contributed by atoms with Gasteiger partial charge in [-0.05, 0) is 37.3 Å². The number of para-hydroxylation sites is 1. The van der Waals surface area contributed by atoms with Crippen LogP contribution in [-0.4, -0.2) is 12.7 Å². The van der Waals surface area contributed by atoms with Gasteiger partial charge in [0, 0.05) is 12.5 Å². The van der Waals surface area contributed by atoms with Crippen LogP contribution in [0.4, 0.5) is 0 Å². The number of fused-ring (bicyclic) bond motifs is 1. The molecule has 0 spiro atoms. The zero-order valence-electron chi connectivity index (χ0n) is 13.2. The topological polar surface area (TPSA) is 48.4 Å². The highest BCUT2D eigenvalue weighted by molar-refractivity contribution is 5.81. The molecule has 3 heteroatoms. The number of nitrogens with two attached hydrogens (primary N) is 1. The van der Waals surface area contributed by atoms with Crippen LogP contribution in [0.3, 0.4) is 0 Å². The number of aryl methyl sites for hydroxylation is 1. The van der Waals surface area contributed by atoms with E-state index in [4.69, 9.17) is 14.9 Å². The summed E-state index contributed by atoms with van der Waals surface area (Å²) in [6.45, 7) is 4.35. The normalized spacial score (nSPS) is 27.9. The van der Waals surface area contributed by atoms with Crippen LogP contribution in [0, 0.1) is 12.8 Å². The quantitative estimate of drug-likeness (QED) is 0.913. The third kappa shape index (κ3) is 2.49. The molecular weight excluding hydrogens is 262 g/mol. The summed E-state index contributed by atoms with van der Waals surface area (Å²) in [6, 6.07) is 8.06. The summed E-state index contributed by atoms with van der Waals surface area (Å²) in [5.74, 6) is 1.49. The molecule has 3 atom stereocenters. The predicted octanol–water partition coefficient (Wildman–Crippen LogP) is 4.34. The van der Waals surface area contributed by atoms with E-state index in [0.29, 0.717) is 5.92 Å². The van der Waals surface area contributed by atoms with Gasteiger partial charge in [0.25, 0.3) is 0 Å². The van der Waals surface area contributed by atoms with Crippen molar-refractivity contribution in [1.29, 1.82) is 0 Å². The van der Waals surface area contributed by atoms with Crippen LogP contribution in [0.2, 0.25) is 0 Å². The van der Waals surface area contributed by atoms with E-state index in [1.807, 2.05) is 0 Å². The maximum absolute atomic E-state index is 6.57. The molecule has 1 aliphatic carbocycles. The molecule has 0 radical (unpaired) electrons. The van der Waals surface area contributed by atoms with Crippen LogP contribution >= 0.6 is 0 Å². The summed E-state index contributed by atoms with van der Waals surface area (Å²) < 4.78 is 12.0. The Morgan fingerprint density at radius 1 is 1.43 bits per heavy atom. The minimum Gasteiger partial charge on any atom is -0.459 e. The molecule has 1 heterocycles. The third-order valence-electron chi connectivity index (χ3n) is 5.03. The van der Waals surface area contributed by atoms with E-state index in [1.54, 1.807) is 7.11 Å². The van der Waals surface area contributed by atoms with Gasteiger partial charge >= 0.3 is 0 Å². The van der Waals surface area contributed by atoms with E-state index in [1.165, 1.54) is 12.8 Å². The Kier molecular flexibility index (Phi) is 3.80. The minimum atomic E-state index is -0.292. The Morgan fingerprint density at radius 2 is 2.24 bits per heavy atom. The molecule has 2 aromatic rings. The number of hydrogen-bond donors (Lipinski definition) is 1. The highest BCUT2D eigenvalue weighted by atomic mass is 16.5. The van der Waals surface area contributed by atoms with Gasteiger partial charge in [-0.1, -0.05) is 38.0 Å². The second-order valence-corrected chi connectivity index (χ2v) is 6.59. The van der Waals surface area contributed by atoms with Crippen molar-refractivity contribution in [2.45, 2.75) is 51.2 Å². The molecule has 0 saturated heterocycles. The van der Waals surface area contributed by atoms with Crippen molar-refractivity contribution < 1.29 is 9.15 Å². The second-order valence-electron chi connectivity index (χ2n) is 6.59. The Balaban J connectivity index is 1.98. The molecule has 3 nitrogen and oxygen atoms in total. The fourth-order valence-corrected chi connectivity index (χ4v) is 3.78. The number of ether oxygens (including phenoxy) is 1. The van der Waals surface area contributed by atoms with Crippen LogP contribution in [0.25, 0.3) is 11.0 Å². The lowest BCUT2D eigenvalue weighted by Gasteiger charge is -2.42. The first-order valence-electron chi connectivity index (χ1n) is 7.85. The first-order valence-corrected chi connectivity index (χ1v) is 7.85. The number of rotatable bonds is 3. The predicted molar refractivity (Wildman–Crippen MR) is 85.3 cm³/mol. The first-order chi connectivity index (χ1) is 10.1. The summed E-state index contributed by atoms with van der Waals surface area (Å²) in [5, 5.41) is 1.12. The summed E-state index contributed by atoms with van der Waals surface area (Å²) in [5.41, 5.74) is 8.37. The standard InChI is InChI=1S/C18H25NO2/c1-12-6-5-9-18(11-12,20-3)17(19)15-10-14-8-4-7-13(2)16(14)21-15/h4,7-8,10,12,17H,5-6,9,11,19H2,1-3H3. The van der Waals surface area contributed by atoms with Gasteiger partial charge in [0.05, 0.1) is 11.6 Å². The van der Waals surface area contributed by atoms with E-state index in [9.17, 15) is 0 Å². The van der Waals surface area contributed by atoms with E-state index < -0.39 is 0 Å². The van der Waals surface area contributed by atoms with Crippen molar-refractivity contribution in [3.05, 3.63) is 35.6 Å². The van der Waals surface area contributed by atoms with Crippen LogP contribution in [0.5, 0.6) is 0 Å². The molecular formula is C18H25NO2. The Morgan fingerprint density at radius 3 is 2.90 bits per heavy atom. The molecule has 1 saturated carbocycles. The van der Waals surface area contributed by atoms with Gasteiger partial charge in [-0.2, -0.15) is 0 Å². The summed E-state index contributed by atoms with van der Waals surface area (Å²) >= 11 is 0. The van der Waals surface area contributed by atoms with Crippen molar-refractivity contribution in [1.82, 2.24) is 0 Å². The first kappa shape index (κ1) is 14.6. The van der Waals surface area contributed by atoms with Gasteiger partial charge in [-0.3, -0.25) is 0 Å². The summed E-state index contributed by atoms with van der Waals surface area (Å²) in [6.07, 6.45) is 4.44. The van der Waals surface area contributed by atoms with E-state index in [2.05, 4.69) is 38.1 Å². The van der Waals surface area contributed by atoms with Gasteiger partial charge < -0.3 is 14.9 Å². The van der Waals surface area contributed by atoms with Crippen LogP contribution in [0.1, 0.15) is 50.0 Å². The van der Waals surface area contributed by atoms with Gasteiger partial charge in [0.2, 0.25) is 0 Å². The lowest BCUT2D eigenvalue weighted by molar-refractivity contribution is -0.0754. The van der Waals surface area contributed by atoms with E-state index >= 15 is 0 Å². The lowest BCUT2D eigenvalue weighted by Crippen LogP contribution is -2.46. The molecule has 2 N–H and O–H groups in total. The van der Waals surface area contributed by atoms with Crippen molar-refractivity contribution in [3.63, 3.8) is 0 Å². The Bertz CT molecular complexity index is 633. The number of furan rings is 1. The Hall–Kier alpha value is -1.32. The van der Waals surface area contributed by atoms with Crippen molar-refractivity contribution in [3.8, 4) is 0 Å². The van der Waals surface area contributed by atoms with Crippen LogP contribution in [0.15, 0.2) is 28.7 Å². The molecule has 114 valence electrons. The lowest BCUT2D eigenvalue weighted by atomic mass is 9.74. The SMILES string of the molecule is COC1(C(N)c2cc3cccc(C)c3o2)CCCC(C)C1. The molecule has 21 heavy (non-hydrogen) atoms. The molecule has 1 aliphatic rings. The molecule has 3 rings (SSSR count). The van der Waals surface area contributed by atoms with Crippen molar-refractivity contribution >= 4 is 11.0 Å². The smallest absolute Gasteiger partial charge is 0.137 e. The average Bonchev–Trinajstić information content (AvgIpc) is 2.92. The van der Waals surface area contributed by atoms with Gasteiger partial charge in [0.15, 0.2) is 0 Å². The molecule has 1 aromatic heterocycles. The van der Waals surface area contributed by atoms with Crippen LogP contribution < -0.4 is 5.73 Å². The zero-order chi connectivity index (χ0) is 15.0. The molecule has 0 bridgehead atoms. The van der Waals surface area contributed by atoms with Crippen LogP contribution in [-0.2, 0) is 4.74 Å². The highest BCUT2D eigenvalue weighted by Gasteiger charge is 2.42. The molecule has 1 aromatic carbocycles. The minimum absolute atomic E-state index is 0.211. The zero-order valence-corrected chi connectivity index (χ0v) is 13.2. The maximum atomic E-state index is 6.57. The number of methoxy groups -OCH3 is 1. The van der Waals surface area contributed by atoms with E-state index in [-0.39, 0.29) is 11.6 Å². The fourth-order valence-electron chi connectivity index (χ4n) is 3.78. The maximum Gasteiger partial charge on any atom is 0.137 e. The molecule has 0 aliphatic heterocycles. The summed E-state index contributed by atoms with van der Waals surface area (Å²) in [7, 11) is 1.78. The van der Waals surface area contributed by atoms with Crippen molar-refractivity contribution in [2.75, 3.05) is 7.11 Å². The third-order valence-corrected chi connectivity index (χ3v) is 5.03. The second kappa shape index (κ2) is 5.47. The average molecular weight is 287 g/mol. The highest BCUT2D eigenvalue weighted by Crippen LogP contribution is 2.43. The monoisotopic (exact) mass is 287 g/mol. The molecule has 3 unspecified atom stereocenters. The van der Waals surface area contributed by atoms with E-state index in [0.717, 1.165) is 35.1 Å². The number of hydrogen-bond acceptors (Lipinski definition) is 3. The summed E-state index contributed by atoms with van der Waals surface area (Å²) in [4.78, 5) is 0. The number of benzene rings is 1. The van der Waals surface area contributed by atoms with Crippen molar-refractivity contribution in [2.24, 2.45) is 11.7 Å². The fraction of sp³-hybridized carbons (Fsp3) is 0.556. The molecule has 0 amide bonds. The van der Waals surface area contributed by atoms with Gasteiger partial charge in [-0.15, -0.1) is 0 Å². The Labute approximate surface area is 126 Å². The largest absolute Gasteiger partial charge is 0.459 e.